The minimum atomic E-state index is -3.54. The molecule has 7 heteroatoms. The third kappa shape index (κ3) is 5.19. The number of sulfonamides is 1. The van der Waals surface area contributed by atoms with Gasteiger partial charge >= 0.3 is 0 Å². The van der Waals surface area contributed by atoms with Crippen LogP contribution in [-0.2, 0) is 14.8 Å². The molecule has 0 N–H and O–H groups in total. The minimum absolute atomic E-state index is 0.0767. The average molecular weight is 368 g/mol. The van der Waals surface area contributed by atoms with Crippen LogP contribution in [0.2, 0.25) is 0 Å². The fourth-order valence-electron chi connectivity index (χ4n) is 2.80. The number of carbonyl (C=O) groups excluding carboxylic acids is 1. The molecule has 0 radical (unpaired) electrons. The average Bonchev–Trinajstić information content (AvgIpc) is 2.88. The summed E-state index contributed by atoms with van der Waals surface area (Å²) in [7, 11) is -3.54. The molecule has 0 spiro atoms. The van der Waals surface area contributed by atoms with Crippen LogP contribution in [0, 0.1) is 0 Å². The van der Waals surface area contributed by atoms with Crippen molar-refractivity contribution in [2.75, 3.05) is 32.8 Å². The van der Waals surface area contributed by atoms with Crippen LogP contribution in [0.15, 0.2) is 29.2 Å². The van der Waals surface area contributed by atoms with E-state index in [2.05, 4.69) is 6.92 Å². The molecule has 1 aliphatic heterocycles. The van der Waals surface area contributed by atoms with Crippen molar-refractivity contribution in [3.63, 3.8) is 0 Å². The molecule has 0 saturated carbocycles. The largest absolute Gasteiger partial charge is 0.494 e. The Balaban J connectivity index is 2.04. The highest BCUT2D eigenvalue weighted by Gasteiger charge is 2.27. The molecule has 0 bridgehead atoms. The van der Waals surface area contributed by atoms with Gasteiger partial charge in [-0.25, -0.2) is 8.42 Å². The molecular formula is C18H28N2O4S. The van der Waals surface area contributed by atoms with E-state index in [0.29, 0.717) is 51.4 Å². The quantitative estimate of drug-likeness (QED) is 0.694. The number of rotatable bonds is 7. The molecular weight excluding hydrogens is 340 g/mol. The van der Waals surface area contributed by atoms with E-state index in [1.807, 2.05) is 6.92 Å². The lowest BCUT2D eigenvalue weighted by Gasteiger charge is -2.21. The number of hydrogen-bond donors (Lipinski definition) is 0. The van der Waals surface area contributed by atoms with Gasteiger partial charge in [-0.2, -0.15) is 4.31 Å². The Kier molecular flexibility index (Phi) is 7.25. The van der Waals surface area contributed by atoms with Gasteiger partial charge in [0.15, 0.2) is 0 Å². The van der Waals surface area contributed by atoms with Crippen LogP contribution in [0.25, 0.3) is 0 Å². The maximum absolute atomic E-state index is 12.8. The number of benzene rings is 1. The number of nitrogens with zero attached hydrogens (tertiary/aromatic N) is 2. The fourth-order valence-corrected chi connectivity index (χ4v) is 4.27. The summed E-state index contributed by atoms with van der Waals surface area (Å²) in [5.74, 6) is 0.760. The van der Waals surface area contributed by atoms with E-state index < -0.39 is 10.0 Å². The Morgan fingerprint density at radius 1 is 1.08 bits per heavy atom. The van der Waals surface area contributed by atoms with Gasteiger partial charge in [0.1, 0.15) is 5.75 Å². The number of amides is 1. The van der Waals surface area contributed by atoms with Gasteiger partial charge in [-0.05, 0) is 37.1 Å². The fraction of sp³-hybridized carbons (Fsp3) is 0.611. The van der Waals surface area contributed by atoms with Gasteiger partial charge in [0.2, 0.25) is 15.9 Å². The lowest BCUT2D eigenvalue weighted by Crippen LogP contribution is -2.37. The van der Waals surface area contributed by atoms with E-state index in [1.165, 1.54) is 4.31 Å². The Hall–Kier alpha value is -1.60. The zero-order valence-electron chi connectivity index (χ0n) is 15.1. The maximum Gasteiger partial charge on any atom is 0.243 e. The summed E-state index contributed by atoms with van der Waals surface area (Å²) in [6.07, 6.45) is 3.13. The van der Waals surface area contributed by atoms with Crippen molar-refractivity contribution in [1.82, 2.24) is 9.21 Å². The molecule has 1 amide bonds. The van der Waals surface area contributed by atoms with Crippen LogP contribution in [0.4, 0.5) is 0 Å². The van der Waals surface area contributed by atoms with Crippen LogP contribution in [0.3, 0.4) is 0 Å². The highest BCUT2D eigenvalue weighted by atomic mass is 32.2. The first-order valence-electron chi connectivity index (χ1n) is 8.99. The van der Waals surface area contributed by atoms with Gasteiger partial charge in [0.25, 0.3) is 0 Å². The zero-order chi connectivity index (χ0) is 18.3. The van der Waals surface area contributed by atoms with Gasteiger partial charge in [-0.3, -0.25) is 4.79 Å². The van der Waals surface area contributed by atoms with E-state index in [9.17, 15) is 13.2 Å². The molecule has 6 nitrogen and oxygen atoms in total. The second-order valence-corrected chi connectivity index (χ2v) is 8.10. The van der Waals surface area contributed by atoms with Crippen molar-refractivity contribution in [3.8, 4) is 5.75 Å². The maximum atomic E-state index is 12.8. The summed E-state index contributed by atoms with van der Waals surface area (Å²) >= 11 is 0. The van der Waals surface area contributed by atoms with E-state index >= 15 is 0 Å². The molecule has 0 aromatic heterocycles. The van der Waals surface area contributed by atoms with Crippen molar-refractivity contribution in [2.24, 2.45) is 0 Å². The van der Waals surface area contributed by atoms with Gasteiger partial charge in [0, 0.05) is 32.6 Å². The van der Waals surface area contributed by atoms with Gasteiger partial charge in [0.05, 0.1) is 11.5 Å². The van der Waals surface area contributed by atoms with Gasteiger partial charge < -0.3 is 9.64 Å². The van der Waals surface area contributed by atoms with E-state index in [0.717, 1.165) is 12.8 Å². The summed E-state index contributed by atoms with van der Waals surface area (Å²) in [6.45, 7) is 6.39. The van der Waals surface area contributed by atoms with E-state index in [-0.39, 0.29) is 10.8 Å². The lowest BCUT2D eigenvalue weighted by atomic mass is 10.3. The Bertz CT molecular complexity index is 658. The molecule has 0 unspecified atom stereocenters. The Morgan fingerprint density at radius 2 is 1.80 bits per heavy atom. The third-order valence-corrected chi connectivity index (χ3v) is 6.25. The molecule has 25 heavy (non-hydrogen) atoms. The van der Waals surface area contributed by atoms with Crippen molar-refractivity contribution in [2.45, 2.75) is 44.4 Å². The molecule has 1 aromatic rings. The predicted molar refractivity (Wildman–Crippen MR) is 97.1 cm³/mol. The standard InChI is InChI=1S/C18H28N2O4S/c1-3-5-15-24-16-7-9-17(10-8-16)25(22,23)20-12-6-11-19(13-14-20)18(21)4-2/h7-10H,3-6,11-15H2,1-2H3. The zero-order valence-corrected chi connectivity index (χ0v) is 15.9. The van der Waals surface area contributed by atoms with E-state index in [4.69, 9.17) is 4.74 Å². The molecule has 1 heterocycles. The summed E-state index contributed by atoms with van der Waals surface area (Å²) in [5.41, 5.74) is 0. The van der Waals surface area contributed by atoms with Gasteiger partial charge in [-0.1, -0.05) is 20.3 Å². The number of ether oxygens (including phenoxy) is 1. The Morgan fingerprint density at radius 3 is 2.44 bits per heavy atom. The summed E-state index contributed by atoms with van der Waals surface area (Å²) in [5, 5.41) is 0. The predicted octanol–water partition coefficient (Wildman–Crippen LogP) is 2.50. The molecule has 140 valence electrons. The second-order valence-electron chi connectivity index (χ2n) is 6.17. The van der Waals surface area contributed by atoms with Gasteiger partial charge in [-0.15, -0.1) is 0 Å². The molecule has 1 aliphatic rings. The lowest BCUT2D eigenvalue weighted by molar-refractivity contribution is -0.130. The molecule has 2 rings (SSSR count). The SMILES string of the molecule is CCCCOc1ccc(S(=O)(=O)N2CCCN(C(=O)CC)CC2)cc1. The van der Waals surface area contributed by atoms with Crippen molar-refractivity contribution >= 4 is 15.9 Å². The van der Waals surface area contributed by atoms with E-state index in [1.54, 1.807) is 29.2 Å². The number of hydrogen-bond acceptors (Lipinski definition) is 4. The van der Waals surface area contributed by atoms with Crippen LogP contribution in [-0.4, -0.2) is 56.3 Å². The third-order valence-electron chi connectivity index (χ3n) is 4.34. The van der Waals surface area contributed by atoms with Crippen molar-refractivity contribution < 1.29 is 17.9 Å². The monoisotopic (exact) mass is 368 g/mol. The van der Waals surface area contributed by atoms with Crippen LogP contribution in [0.1, 0.15) is 39.5 Å². The number of unbranched alkanes of at least 4 members (excludes halogenated alkanes) is 1. The Labute approximate surface area is 150 Å². The summed E-state index contributed by atoms with van der Waals surface area (Å²) < 4.78 is 32.7. The van der Waals surface area contributed by atoms with Crippen LogP contribution < -0.4 is 4.74 Å². The topological polar surface area (TPSA) is 66.9 Å². The molecule has 0 aliphatic carbocycles. The molecule has 1 fully saturated rings. The highest BCUT2D eigenvalue weighted by molar-refractivity contribution is 7.89. The first-order valence-corrected chi connectivity index (χ1v) is 10.4. The summed E-state index contributed by atoms with van der Waals surface area (Å²) in [4.78, 5) is 13.9. The highest BCUT2D eigenvalue weighted by Crippen LogP contribution is 2.21. The van der Waals surface area contributed by atoms with Crippen LogP contribution >= 0.6 is 0 Å². The minimum Gasteiger partial charge on any atom is -0.494 e. The molecule has 1 aromatic carbocycles. The summed E-state index contributed by atoms with van der Waals surface area (Å²) in [6, 6.07) is 6.59. The van der Waals surface area contributed by atoms with Crippen LogP contribution in [0.5, 0.6) is 5.75 Å². The molecule has 0 atom stereocenters. The van der Waals surface area contributed by atoms with Crippen molar-refractivity contribution in [1.29, 1.82) is 0 Å². The first-order chi connectivity index (χ1) is 12.0. The normalized spacial score (nSPS) is 16.5. The van der Waals surface area contributed by atoms with Crippen molar-refractivity contribution in [3.05, 3.63) is 24.3 Å². The second kappa shape index (κ2) is 9.20. The number of carbonyl (C=O) groups is 1. The first kappa shape index (κ1) is 19.7. The smallest absolute Gasteiger partial charge is 0.243 e. The molecule has 1 saturated heterocycles.